The fourth-order valence-corrected chi connectivity index (χ4v) is 3.82. The summed E-state index contributed by atoms with van der Waals surface area (Å²) in [6, 6.07) is 0. The minimum Gasteiger partial charge on any atom is -0.375 e. The molecule has 0 aliphatic carbocycles. The van der Waals surface area contributed by atoms with Crippen LogP contribution in [0.25, 0.3) is 0 Å². The van der Waals surface area contributed by atoms with Crippen molar-refractivity contribution >= 4 is 11.8 Å². The van der Waals surface area contributed by atoms with Gasteiger partial charge in [0, 0.05) is 19.7 Å². The summed E-state index contributed by atoms with van der Waals surface area (Å²) < 4.78 is 4.88. The topological polar surface area (TPSA) is 58.6 Å². The second-order valence-corrected chi connectivity index (χ2v) is 9.30. The fourth-order valence-electron chi connectivity index (χ4n) is 3.82. The smallest absolute Gasteiger partial charge is 0.264 e. The molecule has 5 heteroatoms. The third-order valence-corrected chi connectivity index (χ3v) is 5.92. The highest BCUT2D eigenvalue weighted by molar-refractivity contribution is 5.83. The molecule has 0 aliphatic rings. The van der Waals surface area contributed by atoms with Gasteiger partial charge in [0.2, 0.25) is 5.91 Å². The molecule has 1 N–H and O–H groups in total. The van der Waals surface area contributed by atoms with Gasteiger partial charge in [-0.2, -0.15) is 0 Å². The summed E-state index contributed by atoms with van der Waals surface area (Å²) in [5, 5.41) is 1.35. The van der Waals surface area contributed by atoms with Gasteiger partial charge in [-0.05, 0) is 44.9 Å². The van der Waals surface area contributed by atoms with Gasteiger partial charge in [-0.1, -0.05) is 103 Å². The molecule has 0 unspecified atom stereocenters. The zero-order valence-electron chi connectivity index (χ0n) is 22.6. The maximum atomic E-state index is 12.6. The number of ether oxygens (including phenoxy) is 1. The molecule has 0 aliphatic heterocycles. The van der Waals surface area contributed by atoms with Crippen LogP contribution in [0.2, 0.25) is 0 Å². The fraction of sp³-hybridized carbons (Fsp3) is 0.793. The summed E-state index contributed by atoms with van der Waals surface area (Å²) in [5.74, 6) is -0.369. The molecule has 0 rings (SSSR count). The third-order valence-electron chi connectivity index (χ3n) is 5.92. The van der Waals surface area contributed by atoms with E-state index in [-0.39, 0.29) is 18.4 Å². The van der Waals surface area contributed by atoms with Gasteiger partial charge >= 0.3 is 0 Å². The van der Waals surface area contributed by atoms with E-state index in [4.69, 9.17) is 4.74 Å². The first kappa shape index (κ1) is 32.4. The number of nitrogens with one attached hydrogen (secondary N) is 1. The van der Waals surface area contributed by atoms with Gasteiger partial charge in [-0.15, -0.1) is 0 Å². The minimum absolute atomic E-state index is 0.0543. The quantitative estimate of drug-likeness (QED) is 0.0919. The maximum Gasteiger partial charge on any atom is 0.264 e. The lowest BCUT2D eigenvalue weighted by Crippen LogP contribution is -2.44. The molecule has 0 atom stereocenters. The molecular weight excluding hydrogens is 424 g/mol. The summed E-state index contributed by atoms with van der Waals surface area (Å²) in [5.41, 5.74) is 2.66. The molecule has 34 heavy (non-hydrogen) atoms. The van der Waals surface area contributed by atoms with E-state index < -0.39 is 0 Å². The lowest BCUT2D eigenvalue weighted by Gasteiger charge is -2.19. The number of hydrogen-bond acceptors (Lipinski definition) is 3. The van der Waals surface area contributed by atoms with Crippen LogP contribution >= 0.6 is 0 Å². The summed E-state index contributed by atoms with van der Waals surface area (Å²) in [4.78, 5) is 24.5. The SMILES string of the molecule is CCCCCCC/C=C\CCCCC/C=C\N(NC(=O)COC)C(=O)CCCCCCCCC. The second kappa shape index (κ2) is 26.0. The van der Waals surface area contributed by atoms with Crippen LogP contribution in [0.5, 0.6) is 0 Å². The van der Waals surface area contributed by atoms with Crippen LogP contribution in [0.4, 0.5) is 0 Å². The normalized spacial score (nSPS) is 11.5. The highest BCUT2D eigenvalue weighted by Crippen LogP contribution is 2.10. The Hall–Kier alpha value is -1.62. The average molecular weight is 479 g/mol. The molecule has 5 nitrogen and oxygen atoms in total. The number of amides is 2. The van der Waals surface area contributed by atoms with Crippen molar-refractivity contribution in [3.8, 4) is 0 Å². The van der Waals surface area contributed by atoms with Crippen molar-refractivity contribution in [2.45, 2.75) is 136 Å². The van der Waals surface area contributed by atoms with Gasteiger partial charge < -0.3 is 4.74 Å². The van der Waals surface area contributed by atoms with Gasteiger partial charge in [0.1, 0.15) is 6.61 Å². The first-order valence-electron chi connectivity index (χ1n) is 14.1. The van der Waals surface area contributed by atoms with Crippen molar-refractivity contribution < 1.29 is 14.3 Å². The Labute approximate surface area is 210 Å². The molecule has 2 amide bonds. The molecule has 198 valence electrons. The van der Waals surface area contributed by atoms with E-state index in [9.17, 15) is 9.59 Å². The number of unbranched alkanes of at least 4 members (excludes halogenated alkanes) is 15. The van der Waals surface area contributed by atoms with Crippen LogP contribution in [-0.4, -0.2) is 30.5 Å². The van der Waals surface area contributed by atoms with Crippen molar-refractivity contribution in [3.05, 3.63) is 24.4 Å². The third kappa shape index (κ3) is 22.2. The van der Waals surface area contributed by atoms with Crippen LogP contribution in [0.1, 0.15) is 136 Å². The zero-order valence-corrected chi connectivity index (χ0v) is 22.6. The second-order valence-electron chi connectivity index (χ2n) is 9.30. The van der Waals surface area contributed by atoms with Crippen molar-refractivity contribution in [2.75, 3.05) is 13.7 Å². The summed E-state index contributed by atoms with van der Waals surface area (Å²) in [6.45, 7) is 4.42. The van der Waals surface area contributed by atoms with E-state index in [1.807, 2.05) is 6.08 Å². The van der Waals surface area contributed by atoms with E-state index in [1.165, 1.54) is 95.6 Å². The van der Waals surface area contributed by atoms with Crippen LogP contribution < -0.4 is 5.43 Å². The summed E-state index contributed by atoms with van der Waals surface area (Å²) >= 11 is 0. The molecule has 0 radical (unpaired) electrons. The van der Waals surface area contributed by atoms with E-state index in [0.29, 0.717) is 6.42 Å². The van der Waals surface area contributed by atoms with E-state index in [2.05, 4.69) is 31.4 Å². The number of carbonyl (C=O) groups is 2. The number of allylic oxidation sites excluding steroid dienone is 3. The Morgan fingerprint density at radius 2 is 1.15 bits per heavy atom. The van der Waals surface area contributed by atoms with Crippen molar-refractivity contribution in [1.29, 1.82) is 0 Å². The molecule has 0 aromatic carbocycles. The Morgan fingerprint density at radius 1 is 0.676 bits per heavy atom. The molecule has 0 aromatic heterocycles. The maximum absolute atomic E-state index is 12.6. The molecular formula is C29H54N2O3. The number of hydrazine groups is 1. The van der Waals surface area contributed by atoms with E-state index >= 15 is 0 Å². The predicted molar refractivity (Wildman–Crippen MR) is 144 cm³/mol. The van der Waals surface area contributed by atoms with Crippen LogP contribution in [0.15, 0.2) is 24.4 Å². The van der Waals surface area contributed by atoms with Gasteiger partial charge in [-0.25, -0.2) is 5.01 Å². The van der Waals surface area contributed by atoms with Crippen LogP contribution in [0, 0.1) is 0 Å². The number of methoxy groups -OCH3 is 1. The summed E-state index contributed by atoms with van der Waals surface area (Å²) in [7, 11) is 1.48. The first-order chi connectivity index (χ1) is 16.7. The average Bonchev–Trinajstić information content (AvgIpc) is 2.83. The highest BCUT2D eigenvalue weighted by Gasteiger charge is 2.13. The molecule has 0 fully saturated rings. The minimum atomic E-state index is -0.308. The molecule has 0 saturated heterocycles. The monoisotopic (exact) mass is 478 g/mol. The summed E-state index contributed by atoms with van der Waals surface area (Å²) in [6.07, 6.45) is 30.4. The van der Waals surface area contributed by atoms with E-state index in [0.717, 1.165) is 32.1 Å². The van der Waals surface area contributed by atoms with Gasteiger partial charge in [0.15, 0.2) is 0 Å². The number of rotatable bonds is 23. The molecule has 0 saturated carbocycles. The van der Waals surface area contributed by atoms with Crippen molar-refractivity contribution in [1.82, 2.24) is 10.4 Å². The molecule has 0 aromatic rings. The number of nitrogens with zero attached hydrogens (tertiary/aromatic N) is 1. The molecule has 0 heterocycles. The Balaban J connectivity index is 4.08. The van der Waals surface area contributed by atoms with Gasteiger partial charge in [-0.3, -0.25) is 15.0 Å². The number of hydrogen-bond donors (Lipinski definition) is 1. The first-order valence-corrected chi connectivity index (χ1v) is 14.1. The molecule has 0 bridgehead atoms. The zero-order chi connectivity index (χ0) is 25.1. The predicted octanol–water partition coefficient (Wildman–Crippen LogP) is 8.01. The standard InChI is InChI=1S/C29H54N2O3/c1-4-6-8-10-12-13-14-15-16-17-18-20-22-24-26-31(30-28(32)27-34-3)29(33)25-23-21-19-11-9-7-5-2/h14-15,24,26H,4-13,16-23,25,27H2,1-3H3,(H,30,32)/b15-14-,26-24-. The van der Waals surface area contributed by atoms with Crippen molar-refractivity contribution in [2.24, 2.45) is 0 Å². The van der Waals surface area contributed by atoms with Crippen LogP contribution in [0.3, 0.4) is 0 Å². The molecule has 0 spiro atoms. The van der Waals surface area contributed by atoms with E-state index in [1.54, 1.807) is 6.20 Å². The lowest BCUT2D eigenvalue weighted by atomic mass is 10.1. The highest BCUT2D eigenvalue weighted by atomic mass is 16.5. The largest absolute Gasteiger partial charge is 0.375 e. The van der Waals surface area contributed by atoms with Gasteiger partial charge in [0.05, 0.1) is 0 Å². The lowest BCUT2D eigenvalue weighted by molar-refractivity contribution is -0.139. The van der Waals surface area contributed by atoms with Gasteiger partial charge in [0.25, 0.3) is 5.91 Å². The Bertz CT molecular complexity index is 531. The Kier molecular flexibility index (Phi) is 24.8. The Morgan fingerprint density at radius 3 is 1.71 bits per heavy atom. The van der Waals surface area contributed by atoms with Crippen LogP contribution in [-0.2, 0) is 14.3 Å². The van der Waals surface area contributed by atoms with Crippen molar-refractivity contribution in [3.63, 3.8) is 0 Å². The number of carbonyl (C=O) groups excluding carboxylic acids is 2.